The van der Waals surface area contributed by atoms with E-state index in [1.54, 1.807) is 25.3 Å². The number of hydrogen-bond acceptors (Lipinski definition) is 7. The first-order valence-electron chi connectivity index (χ1n) is 9.96. The van der Waals surface area contributed by atoms with Crippen LogP contribution in [-0.2, 0) is 6.54 Å². The molecule has 3 N–H and O–H groups in total. The van der Waals surface area contributed by atoms with E-state index in [-0.39, 0.29) is 19.3 Å². The standard InChI is InChI=1S/C22H28BrNO6/c1-3-16(12-25)24-11-14-8-17(23)22(21(9-14)27-2)30-13-18(26)15-4-5-19-20(10-15)29-7-6-28-19/h4-5,8-10,16,18,24-26H,3,6-7,11-13H2,1-2H3. The van der Waals surface area contributed by atoms with Crippen molar-refractivity contribution >= 4 is 15.9 Å². The van der Waals surface area contributed by atoms with Gasteiger partial charge < -0.3 is 34.5 Å². The smallest absolute Gasteiger partial charge is 0.175 e. The molecule has 7 nitrogen and oxygen atoms in total. The van der Waals surface area contributed by atoms with Gasteiger partial charge in [-0.05, 0) is 57.7 Å². The van der Waals surface area contributed by atoms with E-state index in [0.29, 0.717) is 48.3 Å². The Labute approximate surface area is 185 Å². The number of rotatable bonds is 10. The molecule has 164 valence electrons. The molecule has 0 spiro atoms. The fourth-order valence-corrected chi connectivity index (χ4v) is 3.75. The molecular formula is C22H28BrNO6. The zero-order valence-corrected chi connectivity index (χ0v) is 18.8. The maximum Gasteiger partial charge on any atom is 0.175 e. The van der Waals surface area contributed by atoms with Crippen molar-refractivity contribution in [3.8, 4) is 23.0 Å². The number of methoxy groups -OCH3 is 1. The summed E-state index contributed by atoms with van der Waals surface area (Å²) in [7, 11) is 1.58. The summed E-state index contributed by atoms with van der Waals surface area (Å²) in [6.45, 7) is 3.77. The Morgan fingerprint density at radius 3 is 2.63 bits per heavy atom. The van der Waals surface area contributed by atoms with Gasteiger partial charge in [-0.3, -0.25) is 0 Å². The molecule has 1 heterocycles. The van der Waals surface area contributed by atoms with Gasteiger partial charge in [-0.1, -0.05) is 13.0 Å². The normalized spacial score (nSPS) is 14.8. The van der Waals surface area contributed by atoms with Crippen molar-refractivity contribution < 1.29 is 29.2 Å². The first kappa shape index (κ1) is 22.7. The summed E-state index contributed by atoms with van der Waals surface area (Å²) in [5.41, 5.74) is 1.68. The van der Waals surface area contributed by atoms with Crippen molar-refractivity contribution in [1.29, 1.82) is 0 Å². The van der Waals surface area contributed by atoms with Crippen LogP contribution in [0.4, 0.5) is 0 Å². The van der Waals surface area contributed by atoms with Crippen molar-refractivity contribution in [2.75, 3.05) is 33.5 Å². The first-order chi connectivity index (χ1) is 14.5. The Kier molecular flexibility index (Phi) is 8.21. The number of nitrogens with one attached hydrogen (secondary N) is 1. The van der Waals surface area contributed by atoms with Gasteiger partial charge in [0.25, 0.3) is 0 Å². The minimum Gasteiger partial charge on any atom is -0.493 e. The first-order valence-corrected chi connectivity index (χ1v) is 10.8. The highest BCUT2D eigenvalue weighted by atomic mass is 79.9. The second-order valence-electron chi connectivity index (χ2n) is 7.01. The molecule has 2 aromatic rings. The van der Waals surface area contributed by atoms with Gasteiger partial charge in [0.15, 0.2) is 23.0 Å². The predicted octanol–water partition coefficient (Wildman–Crippen LogP) is 3.20. The lowest BCUT2D eigenvalue weighted by atomic mass is 10.1. The lowest BCUT2D eigenvalue weighted by Gasteiger charge is -2.21. The summed E-state index contributed by atoms with van der Waals surface area (Å²) < 4.78 is 23.2. The van der Waals surface area contributed by atoms with E-state index >= 15 is 0 Å². The van der Waals surface area contributed by atoms with Crippen LogP contribution in [0.15, 0.2) is 34.8 Å². The molecule has 0 aliphatic carbocycles. The van der Waals surface area contributed by atoms with Crippen molar-refractivity contribution in [2.24, 2.45) is 0 Å². The fourth-order valence-electron chi connectivity index (χ4n) is 3.14. The van der Waals surface area contributed by atoms with Crippen LogP contribution in [0.3, 0.4) is 0 Å². The van der Waals surface area contributed by atoms with Crippen molar-refractivity contribution in [1.82, 2.24) is 5.32 Å². The Balaban J connectivity index is 1.67. The predicted molar refractivity (Wildman–Crippen MR) is 117 cm³/mol. The molecule has 0 radical (unpaired) electrons. The maximum absolute atomic E-state index is 10.6. The van der Waals surface area contributed by atoms with Gasteiger partial charge in [-0.15, -0.1) is 0 Å². The molecule has 3 rings (SSSR count). The molecular weight excluding hydrogens is 454 g/mol. The van der Waals surface area contributed by atoms with E-state index in [0.717, 1.165) is 16.5 Å². The van der Waals surface area contributed by atoms with Crippen LogP contribution in [0.1, 0.15) is 30.6 Å². The zero-order chi connectivity index (χ0) is 21.5. The molecule has 0 aromatic heterocycles. The Morgan fingerprint density at radius 2 is 1.93 bits per heavy atom. The minimum atomic E-state index is -0.839. The second-order valence-corrected chi connectivity index (χ2v) is 7.86. The van der Waals surface area contributed by atoms with Crippen LogP contribution in [-0.4, -0.2) is 49.8 Å². The molecule has 8 heteroatoms. The number of hydrogen-bond donors (Lipinski definition) is 3. The number of benzene rings is 2. The SMILES string of the molecule is CCC(CO)NCc1cc(Br)c(OCC(O)c2ccc3c(c2)OCCO3)c(OC)c1. The monoisotopic (exact) mass is 481 g/mol. The molecule has 30 heavy (non-hydrogen) atoms. The van der Waals surface area contributed by atoms with Crippen LogP contribution in [0, 0.1) is 0 Å². The third kappa shape index (κ3) is 5.57. The van der Waals surface area contributed by atoms with Crippen LogP contribution >= 0.6 is 15.9 Å². The summed E-state index contributed by atoms with van der Waals surface area (Å²) in [4.78, 5) is 0. The number of aliphatic hydroxyl groups is 2. The number of ether oxygens (including phenoxy) is 4. The molecule has 1 aliphatic rings. The Hall–Kier alpha value is -2.00. The van der Waals surface area contributed by atoms with Crippen molar-refractivity contribution in [3.63, 3.8) is 0 Å². The molecule has 0 bridgehead atoms. The maximum atomic E-state index is 10.6. The highest BCUT2D eigenvalue weighted by Crippen LogP contribution is 2.38. The highest BCUT2D eigenvalue weighted by Gasteiger charge is 2.18. The summed E-state index contributed by atoms with van der Waals surface area (Å²) in [5.74, 6) is 2.39. The largest absolute Gasteiger partial charge is 0.493 e. The number of aliphatic hydroxyl groups excluding tert-OH is 2. The minimum absolute atomic E-state index is 0.0480. The van der Waals surface area contributed by atoms with Crippen molar-refractivity contribution in [2.45, 2.75) is 32.0 Å². The topological polar surface area (TPSA) is 89.4 Å². The van der Waals surface area contributed by atoms with E-state index in [4.69, 9.17) is 18.9 Å². The third-order valence-electron chi connectivity index (χ3n) is 4.93. The van der Waals surface area contributed by atoms with Crippen LogP contribution in [0.25, 0.3) is 0 Å². The average molecular weight is 482 g/mol. The van der Waals surface area contributed by atoms with E-state index in [9.17, 15) is 10.2 Å². The lowest BCUT2D eigenvalue weighted by molar-refractivity contribution is 0.105. The van der Waals surface area contributed by atoms with Gasteiger partial charge in [-0.25, -0.2) is 0 Å². The van der Waals surface area contributed by atoms with Gasteiger partial charge in [0.2, 0.25) is 0 Å². The van der Waals surface area contributed by atoms with E-state index in [1.165, 1.54) is 0 Å². The van der Waals surface area contributed by atoms with Gasteiger partial charge in [-0.2, -0.15) is 0 Å². The number of fused-ring (bicyclic) bond motifs is 1. The van der Waals surface area contributed by atoms with E-state index in [2.05, 4.69) is 21.2 Å². The van der Waals surface area contributed by atoms with Crippen LogP contribution in [0.5, 0.6) is 23.0 Å². The van der Waals surface area contributed by atoms with E-state index in [1.807, 2.05) is 19.1 Å². The van der Waals surface area contributed by atoms with Gasteiger partial charge in [0, 0.05) is 12.6 Å². The molecule has 2 aromatic carbocycles. The molecule has 1 aliphatic heterocycles. The molecule has 2 unspecified atom stereocenters. The van der Waals surface area contributed by atoms with Crippen molar-refractivity contribution in [3.05, 3.63) is 45.9 Å². The Morgan fingerprint density at radius 1 is 1.17 bits per heavy atom. The molecule has 0 saturated carbocycles. The Bertz CT molecular complexity index is 843. The summed E-state index contributed by atoms with van der Waals surface area (Å²) in [6, 6.07) is 9.23. The zero-order valence-electron chi connectivity index (χ0n) is 17.2. The van der Waals surface area contributed by atoms with Gasteiger partial charge >= 0.3 is 0 Å². The molecule has 0 amide bonds. The molecule has 0 fully saturated rings. The quantitative estimate of drug-likeness (QED) is 0.479. The molecule has 2 atom stereocenters. The summed E-state index contributed by atoms with van der Waals surface area (Å²) >= 11 is 3.54. The summed E-state index contributed by atoms with van der Waals surface area (Å²) in [5, 5.41) is 23.2. The highest BCUT2D eigenvalue weighted by molar-refractivity contribution is 9.10. The van der Waals surface area contributed by atoms with Gasteiger partial charge in [0.05, 0.1) is 18.2 Å². The number of halogens is 1. The fraction of sp³-hybridized carbons (Fsp3) is 0.455. The lowest BCUT2D eigenvalue weighted by Crippen LogP contribution is -2.31. The van der Waals surface area contributed by atoms with Gasteiger partial charge in [0.1, 0.15) is 25.9 Å². The summed E-state index contributed by atoms with van der Waals surface area (Å²) in [6.07, 6.45) is 0.00180. The third-order valence-corrected chi connectivity index (χ3v) is 5.52. The van der Waals surface area contributed by atoms with Crippen LogP contribution < -0.4 is 24.3 Å². The van der Waals surface area contributed by atoms with Crippen LogP contribution in [0.2, 0.25) is 0 Å². The second kappa shape index (κ2) is 10.9. The average Bonchev–Trinajstić information content (AvgIpc) is 2.78. The molecule has 0 saturated heterocycles. The van der Waals surface area contributed by atoms with E-state index < -0.39 is 6.10 Å².